The van der Waals surface area contributed by atoms with Crippen LogP contribution in [0.25, 0.3) is 77.9 Å². The first-order chi connectivity index (χ1) is 27.2. The van der Waals surface area contributed by atoms with E-state index in [-0.39, 0.29) is 0 Å². The molecule has 2 aliphatic carbocycles. The molecule has 0 N–H and O–H groups in total. The molecule has 2 aliphatic rings. The van der Waals surface area contributed by atoms with E-state index in [1.807, 2.05) is 37.4 Å². The molecule has 0 fully saturated rings. The molecule has 0 radical (unpaired) electrons. The zero-order valence-electron chi connectivity index (χ0n) is 29.9. The van der Waals surface area contributed by atoms with Crippen LogP contribution in [0.15, 0.2) is 169 Å². The maximum absolute atomic E-state index is 6.26. The summed E-state index contributed by atoms with van der Waals surface area (Å²) >= 11 is 0. The molecule has 0 bridgehead atoms. The van der Waals surface area contributed by atoms with Crippen molar-refractivity contribution in [1.29, 1.82) is 0 Å². The zero-order valence-corrected chi connectivity index (χ0v) is 29.9. The number of rotatable bonds is 4. The van der Waals surface area contributed by atoms with Crippen LogP contribution in [-0.4, -0.2) is 23.8 Å². The van der Waals surface area contributed by atoms with Crippen LogP contribution in [0.4, 0.5) is 0 Å². The van der Waals surface area contributed by atoms with Crippen LogP contribution in [0.3, 0.4) is 0 Å². The van der Waals surface area contributed by atoms with Gasteiger partial charge in [0.15, 0.2) is 16.9 Å². The van der Waals surface area contributed by atoms with Gasteiger partial charge in [0.1, 0.15) is 11.2 Å². The maximum atomic E-state index is 6.26. The molecule has 5 heterocycles. The monoisotopic (exact) mass is 705 g/mol. The molecule has 10 aromatic rings. The topological polar surface area (TPSA) is 60.6 Å². The zero-order chi connectivity index (χ0) is 36.4. The first kappa shape index (κ1) is 30.2. The number of benzene rings is 5. The number of imidazole rings is 1. The summed E-state index contributed by atoms with van der Waals surface area (Å²) in [6, 6.07) is 43.4. The number of para-hydroxylation sites is 1. The molecule has 258 valence electrons. The molecule has 5 aromatic carbocycles. The number of hydrogen-bond acceptors (Lipinski definition) is 4. The maximum Gasteiger partial charge on any atom is 0.183 e. The second-order valence-corrected chi connectivity index (χ2v) is 14.4. The second-order valence-electron chi connectivity index (χ2n) is 14.4. The van der Waals surface area contributed by atoms with Gasteiger partial charge >= 0.3 is 0 Å². The summed E-state index contributed by atoms with van der Waals surface area (Å²) in [5.74, 6) is 0. The number of hydrogen-bond donors (Lipinski definition) is 0. The Morgan fingerprint density at radius 1 is 0.655 bits per heavy atom. The van der Waals surface area contributed by atoms with Gasteiger partial charge in [-0.05, 0) is 81.3 Å². The highest BCUT2D eigenvalue weighted by Crippen LogP contribution is 2.63. The second kappa shape index (κ2) is 10.9. The summed E-state index contributed by atoms with van der Waals surface area (Å²) in [7, 11) is 0. The average molecular weight is 706 g/mol. The van der Waals surface area contributed by atoms with E-state index in [9.17, 15) is 0 Å². The molecule has 0 amide bonds. The lowest BCUT2D eigenvalue weighted by atomic mass is 9.71. The molecular weight excluding hydrogens is 675 g/mol. The quantitative estimate of drug-likeness (QED) is 0.171. The molecule has 1 spiro atoms. The van der Waals surface area contributed by atoms with Gasteiger partial charge in [-0.15, -0.1) is 0 Å². The van der Waals surface area contributed by atoms with Gasteiger partial charge in [-0.3, -0.25) is 8.80 Å². The SMILES string of the molecule is C=C(/C=C(\C=C/C)c1cccc2oc3ccccc3c12)c1cnc2c3cc4c(n3c3nccnc3n12)-c1ccccc1C41c2ccccc2-c2ccccc21. The van der Waals surface area contributed by atoms with Crippen LogP contribution in [0.1, 0.15) is 40.4 Å². The van der Waals surface area contributed by atoms with Crippen molar-refractivity contribution in [2.75, 3.05) is 0 Å². The van der Waals surface area contributed by atoms with Crippen molar-refractivity contribution in [2.24, 2.45) is 0 Å². The van der Waals surface area contributed by atoms with Crippen molar-refractivity contribution in [3.63, 3.8) is 0 Å². The number of allylic oxidation sites excluding steroid dienone is 5. The lowest BCUT2D eigenvalue weighted by molar-refractivity contribution is 0.669. The van der Waals surface area contributed by atoms with Gasteiger partial charge in [0.2, 0.25) is 0 Å². The molecule has 5 aromatic heterocycles. The molecule has 6 nitrogen and oxygen atoms in total. The lowest BCUT2D eigenvalue weighted by Gasteiger charge is -2.29. The van der Waals surface area contributed by atoms with E-state index in [1.54, 1.807) is 12.4 Å². The third-order valence-electron chi connectivity index (χ3n) is 11.7. The third-order valence-corrected chi connectivity index (χ3v) is 11.7. The molecule has 0 unspecified atom stereocenters. The van der Waals surface area contributed by atoms with Crippen molar-refractivity contribution in [1.82, 2.24) is 23.8 Å². The minimum absolute atomic E-state index is 0.488. The minimum atomic E-state index is -0.488. The standard InChI is InChI=1S/C49H31N5O/c1-3-13-30(31-18-12-23-43-44(31)35-17-7-11-22-42(35)55-43)26-29(2)41-28-52-46-40-27-39-45(53(40)47-48(54(41)46)51-25-24-50-47)34-16-6-10-21-38(34)49(39)36-19-8-4-14-32(36)33-15-5-9-20-37(33)49/h3-28H,2H2,1H3/b13-3-,30-26+. The number of aromatic nitrogens is 5. The van der Waals surface area contributed by atoms with Gasteiger partial charge in [-0.1, -0.05) is 122 Å². The van der Waals surface area contributed by atoms with E-state index in [2.05, 4.69) is 131 Å². The Morgan fingerprint density at radius 3 is 2.04 bits per heavy atom. The van der Waals surface area contributed by atoms with Crippen LogP contribution in [0, 0.1) is 0 Å². The normalized spacial score (nSPS) is 14.2. The van der Waals surface area contributed by atoms with Gasteiger partial charge in [0.25, 0.3) is 0 Å². The fourth-order valence-corrected chi connectivity index (χ4v) is 9.71. The van der Waals surface area contributed by atoms with Crippen LogP contribution in [0.2, 0.25) is 0 Å². The Morgan fingerprint density at radius 2 is 1.29 bits per heavy atom. The van der Waals surface area contributed by atoms with Crippen molar-refractivity contribution in [3.8, 4) is 22.4 Å². The largest absolute Gasteiger partial charge is 0.456 e. The van der Waals surface area contributed by atoms with E-state index in [1.165, 1.54) is 38.9 Å². The molecule has 6 heteroatoms. The minimum Gasteiger partial charge on any atom is -0.456 e. The Hall–Kier alpha value is -7.31. The van der Waals surface area contributed by atoms with Gasteiger partial charge in [-0.25, -0.2) is 15.0 Å². The summed E-state index contributed by atoms with van der Waals surface area (Å²) in [5, 5.41) is 2.17. The highest BCUT2D eigenvalue weighted by Gasteiger charge is 2.53. The molecular formula is C49H31N5O. The molecule has 12 rings (SSSR count). The number of furan rings is 1. The first-order valence-corrected chi connectivity index (χ1v) is 18.6. The van der Waals surface area contributed by atoms with Crippen LogP contribution in [0.5, 0.6) is 0 Å². The highest BCUT2D eigenvalue weighted by atomic mass is 16.3. The van der Waals surface area contributed by atoms with E-state index in [0.29, 0.717) is 5.65 Å². The van der Waals surface area contributed by atoms with E-state index in [0.717, 1.165) is 66.8 Å². The Kier molecular flexibility index (Phi) is 5.97. The summed E-state index contributed by atoms with van der Waals surface area (Å²) in [5.41, 5.74) is 18.2. The van der Waals surface area contributed by atoms with Gasteiger partial charge < -0.3 is 4.42 Å². The molecule has 0 saturated carbocycles. The Bertz CT molecular complexity index is 3320. The number of fused-ring (bicyclic) bond motifs is 20. The van der Waals surface area contributed by atoms with Gasteiger partial charge in [0.05, 0.1) is 28.5 Å². The predicted molar refractivity (Wildman–Crippen MR) is 221 cm³/mol. The van der Waals surface area contributed by atoms with Crippen LogP contribution < -0.4 is 0 Å². The Labute approximate surface area is 315 Å². The highest BCUT2D eigenvalue weighted by molar-refractivity contribution is 6.12. The van der Waals surface area contributed by atoms with Gasteiger partial charge in [0, 0.05) is 28.7 Å². The fourth-order valence-electron chi connectivity index (χ4n) is 9.71. The van der Waals surface area contributed by atoms with Crippen molar-refractivity contribution in [2.45, 2.75) is 12.3 Å². The van der Waals surface area contributed by atoms with Crippen molar-refractivity contribution < 1.29 is 4.42 Å². The van der Waals surface area contributed by atoms with Crippen molar-refractivity contribution in [3.05, 3.63) is 198 Å². The fraction of sp³-hybridized carbons (Fsp3) is 0.0408. The van der Waals surface area contributed by atoms with E-state index in [4.69, 9.17) is 19.4 Å². The van der Waals surface area contributed by atoms with Crippen LogP contribution >= 0.6 is 0 Å². The summed E-state index contributed by atoms with van der Waals surface area (Å²) in [4.78, 5) is 15.2. The predicted octanol–water partition coefficient (Wildman–Crippen LogP) is 11.4. The number of nitrogens with zero attached hydrogens (tertiary/aromatic N) is 5. The molecule has 0 aliphatic heterocycles. The summed E-state index contributed by atoms with van der Waals surface area (Å²) in [6.45, 7) is 6.69. The van der Waals surface area contributed by atoms with Crippen molar-refractivity contribution >= 4 is 55.5 Å². The molecule has 55 heavy (non-hydrogen) atoms. The average Bonchev–Trinajstić information content (AvgIpc) is 4.04. The van der Waals surface area contributed by atoms with Gasteiger partial charge in [-0.2, -0.15) is 0 Å². The smallest absolute Gasteiger partial charge is 0.183 e. The first-order valence-electron chi connectivity index (χ1n) is 18.6. The lowest BCUT2D eigenvalue weighted by Crippen LogP contribution is -2.25. The Balaban J connectivity index is 1.13. The molecule has 0 atom stereocenters. The van der Waals surface area contributed by atoms with Crippen LogP contribution in [-0.2, 0) is 5.41 Å². The summed E-state index contributed by atoms with van der Waals surface area (Å²) < 4.78 is 10.7. The third kappa shape index (κ3) is 3.75. The molecule has 0 saturated heterocycles. The summed E-state index contributed by atoms with van der Waals surface area (Å²) in [6.07, 6.45) is 11.8. The van der Waals surface area contributed by atoms with E-state index < -0.39 is 5.41 Å². The van der Waals surface area contributed by atoms with E-state index >= 15 is 0 Å².